The van der Waals surface area contributed by atoms with Crippen molar-refractivity contribution in [1.82, 2.24) is 10.3 Å². The van der Waals surface area contributed by atoms with Gasteiger partial charge in [0.15, 0.2) is 0 Å². The summed E-state index contributed by atoms with van der Waals surface area (Å²) in [7, 11) is 1.35. The quantitative estimate of drug-likeness (QED) is 0.465. The monoisotopic (exact) mass is 253 g/mol. The summed E-state index contributed by atoms with van der Waals surface area (Å²) in [5.41, 5.74) is 6.40. The molecule has 1 aromatic rings. The molecule has 0 unspecified atom stereocenters. The first-order valence-corrected chi connectivity index (χ1v) is 5.88. The summed E-state index contributed by atoms with van der Waals surface area (Å²) < 4.78 is 4.60. The van der Waals surface area contributed by atoms with Crippen LogP contribution in [-0.4, -0.2) is 30.5 Å². The Balaban J connectivity index is 2.17. The second-order valence-corrected chi connectivity index (χ2v) is 3.99. The minimum atomic E-state index is -0.372. The normalized spacial score (nSPS) is 10.3. The summed E-state index contributed by atoms with van der Waals surface area (Å²) in [5, 5.41) is 3.21. The van der Waals surface area contributed by atoms with E-state index in [2.05, 4.69) is 15.0 Å². The molecular weight excluding hydrogens is 234 g/mol. The van der Waals surface area contributed by atoms with Crippen LogP contribution < -0.4 is 11.1 Å². The highest BCUT2D eigenvalue weighted by Gasteiger charge is 2.07. The van der Waals surface area contributed by atoms with Crippen LogP contribution in [-0.2, 0) is 16.1 Å². The lowest BCUT2D eigenvalue weighted by Gasteiger charge is -2.02. The summed E-state index contributed by atoms with van der Waals surface area (Å²) in [6.07, 6.45) is 2.12. The van der Waals surface area contributed by atoms with Crippen LogP contribution in [0.25, 0.3) is 0 Å². The standard InChI is InChI=1S/C12H19N3O3/c1-18-12(17)10-6-5-9(15-10)8-14-7-3-2-4-11(13)16/h5-6,14-15H,2-4,7-8H2,1H3,(H2,13,16). The molecule has 0 saturated heterocycles. The molecule has 0 bridgehead atoms. The van der Waals surface area contributed by atoms with Gasteiger partial charge in [-0.05, 0) is 31.5 Å². The fourth-order valence-corrected chi connectivity index (χ4v) is 1.54. The third-order valence-electron chi connectivity index (χ3n) is 2.49. The van der Waals surface area contributed by atoms with E-state index < -0.39 is 0 Å². The van der Waals surface area contributed by atoms with Crippen molar-refractivity contribution in [1.29, 1.82) is 0 Å². The molecule has 18 heavy (non-hydrogen) atoms. The van der Waals surface area contributed by atoms with Crippen LogP contribution in [0.2, 0.25) is 0 Å². The molecule has 0 fully saturated rings. The van der Waals surface area contributed by atoms with Crippen molar-refractivity contribution < 1.29 is 14.3 Å². The highest BCUT2D eigenvalue weighted by Crippen LogP contribution is 2.03. The number of carbonyl (C=O) groups excluding carboxylic acids is 2. The average molecular weight is 253 g/mol. The second kappa shape index (κ2) is 7.50. The van der Waals surface area contributed by atoms with Crippen molar-refractivity contribution in [2.75, 3.05) is 13.7 Å². The minimum Gasteiger partial charge on any atom is -0.464 e. The third kappa shape index (κ3) is 5.01. The number of hydrogen-bond donors (Lipinski definition) is 3. The number of methoxy groups -OCH3 is 1. The van der Waals surface area contributed by atoms with Gasteiger partial charge in [0.2, 0.25) is 5.91 Å². The Morgan fingerprint density at radius 3 is 2.83 bits per heavy atom. The first-order valence-electron chi connectivity index (χ1n) is 5.88. The smallest absolute Gasteiger partial charge is 0.354 e. The lowest BCUT2D eigenvalue weighted by molar-refractivity contribution is -0.118. The van der Waals surface area contributed by atoms with E-state index >= 15 is 0 Å². The fraction of sp³-hybridized carbons (Fsp3) is 0.500. The number of hydrogen-bond acceptors (Lipinski definition) is 4. The Labute approximate surface area is 106 Å². The van der Waals surface area contributed by atoms with Crippen LogP contribution in [0.5, 0.6) is 0 Å². The number of nitrogens with two attached hydrogens (primary N) is 1. The molecule has 1 heterocycles. The van der Waals surface area contributed by atoms with Gasteiger partial charge in [0.1, 0.15) is 5.69 Å². The van der Waals surface area contributed by atoms with Gasteiger partial charge in [-0.2, -0.15) is 0 Å². The van der Waals surface area contributed by atoms with Crippen molar-refractivity contribution >= 4 is 11.9 Å². The van der Waals surface area contributed by atoms with Gasteiger partial charge in [-0.25, -0.2) is 4.79 Å². The summed E-state index contributed by atoms with van der Waals surface area (Å²) in [4.78, 5) is 24.7. The number of unbranched alkanes of at least 4 members (excludes halogenated alkanes) is 1. The number of rotatable bonds is 8. The van der Waals surface area contributed by atoms with Gasteiger partial charge >= 0.3 is 5.97 Å². The number of amides is 1. The van der Waals surface area contributed by atoms with E-state index in [0.717, 1.165) is 25.1 Å². The van der Waals surface area contributed by atoms with Gasteiger partial charge in [-0.15, -0.1) is 0 Å². The Hall–Kier alpha value is -1.82. The lowest BCUT2D eigenvalue weighted by Crippen LogP contribution is -2.16. The molecule has 0 atom stereocenters. The van der Waals surface area contributed by atoms with E-state index in [-0.39, 0.29) is 11.9 Å². The first kappa shape index (κ1) is 14.2. The van der Waals surface area contributed by atoms with Crippen molar-refractivity contribution in [3.63, 3.8) is 0 Å². The van der Waals surface area contributed by atoms with E-state index in [1.807, 2.05) is 6.07 Å². The number of ether oxygens (including phenoxy) is 1. The highest BCUT2D eigenvalue weighted by molar-refractivity contribution is 5.87. The number of aromatic amines is 1. The number of primary amides is 1. The van der Waals surface area contributed by atoms with Gasteiger partial charge in [0, 0.05) is 18.7 Å². The predicted molar refractivity (Wildman–Crippen MR) is 66.9 cm³/mol. The Kier molecular flexibility index (Phi) is 5.93. The number of nitrogens with one attached hydrogen (secondary N) is 2. The number of esters is 1. The van der Waals surface area contributed by atoms with Crippen LogP contribution in [0.3, 0.4) is 0 Å². The predicted octanol–water partition coefficient (Wildman–Crippen LogP) is 0.546. The molecule has 6 heteroatoms. The Bertz CT molecular complexity index is 401. The van der Waals surface area contributed by atoms with Crippen LogP contribution in [0.15, 0.2) is 12.1 Å². The summed E-state index contributed by atoms with van der Waals surface area (Å²) in [6.45, 7) is 1.45. The molecule has 0 aliphatic carbocycles. The van der Waals surface area contributed by atoms with E-state index in [9.17, 15) is 9.59 Å². The maximum Gasteiger partial charge on any atom is 0.354 e. The zero-order chi connectivity index (χ0) is 13.4. The van der Waals surface area contributed by atoms with Gasteiger partial charge < -0.3 is 20.8 Å². The van der Waals surface area contributed by atoms with E-state index in [1.165, 1.54) is 7.11 Å². The highest BCUT2D eigenvalue weighted by atomic mass is 16.5. The van der Waals surface area contributed by atoms with E-state index in [1.54, 1.807) is 6.07 Å². The molecule has 1 amide bonds. The molecule has 0 saturated carbocycles. The topological polar surface area (TPSA) is 97.2 Å². The van der Waals surface area contributed by atoms with Crippen molar-refractivity contribution in [3.05, 3.63) is 23.5 Å². The summed E-state index contributed by atoms with van der Waals surface area (Å²) >= 11 is 0. The number of carbonyl (C=O) groups is 2. The number of aromatic nitrogens is 1. The third-order valence-corrected chi connectivity index (χ3v) is 2.49. The van der Waals surface area contributed by atoms with Crippen LogP contribution in [0, 0.1) is 0 Å². The zero-order valence-electron chi connectivity index (χ0n) is 10.5. The molecule has 6 nitrogen and oxygen atoms in total. The first-order chi connectivity index (χ1) is 8.63. The molecule has 4 N–H and O–H groups in total. The van der Waals surface area contributed by atoms with Gasteiger partial charge in [0.25, 0.3) is 0 Å². The summed E-state index contributed by atoms with van der Waals surface area (Å²) in [6, 6.07) is 3.53. The minimum absolute atomic E-state index is 0.262. The Morgan fingerprint density at radius 1 is 1.39 bits per heavy atom. The van der Waals surface area contributed by atoms with E-state index in [4.69, 9.17) is 5.73 Å². The number of H-pyrrole nitrogens is 1. The van der Waals surface area contributed by atoms with Crippen molar-refractivity contribution in [2.24, 2.45) is 5.73 Å². The zero-order valence-corrected chi connectivity index (χ0v) is 10.5. The Morgan fingerprint density at radius 2 is 2.17 bits per heavy atom. The van der Waals surface area contributed by atoms with Crippen LogP contribution in [0.1, 0.15) is 35.4 Å². The van der Waals surface area contributed by atoms with Crippen LogP contribution >= 0.6 is 0 Å². The van der Waals surface area contributed by atoms with E-state index in [0.29, 0.717) is 18.7 Å². The second-order valence-electron chi connectivity index (χ2n) is 3.99. The molecule has 0 aliphatic rings. The maximum absolute atomic E-state index is 11.2. The van der Waals surface area contributed by atoms with Gasteiger partial charge in [-0.1, -0.05) is 0 Å². The van der Waals surface area contributed by atoms with Gasteiger partial charge in [-0.3, -0.25) is 4.79 Å². The largest absolute Gasteiger partial charge is 0.464 e. The van der Waals surface area contributed by atoms with Crippen molar-refractivity contribution in [3.8, 4) is 0 Å². The molecule has 100 valence electrons. The SMILES string of the molecule is COC(=O)c1ccc(CNCCCCC(N)=O)[nH]1. The van der Waals surface area contributed by atoms with Crippen molar-refractivity contribution in [2.45, 2.75) is 25.8 Å². The lowest BCUT2D eigenvalue weighted by atomic mass is 10.2. The molecule has 0 spiro atoms. The molecule has 0 radical (unpaired) electrons. The molecule has 0 aromatic carbocycles. The molecular formula is C12H19N3O3. The summed E-state index contributed by atoms with van der Waals surface area (Å²) in [5.74, 6) is -0.634. The molecule has 1 aromatic heterocycles. The fourth-order valence-electron chi connectivity index (χ4n) is 1.54. The van der Waals surface area contributed by atoms with Crippen LogP contribution in [0.4, 0.5) is 0 Å². The average Bonchev–Trinajstić information content (AvgIpc) is 2.81. The molecule has 0 aliphatic heterocycles. The molecule has 1 rings (SSSR count). The maximum atomic E-state index is 11.2. The van der Waals surface area contributed by atoms with Gasteiger partial charge in [0.05, 0.1) is 7.11 Å².